The third-order valence-electron chi connectivity index (χ3n) is 3.30. The average molecular weight is 313 g/mol. The van der Waals surface area contributed by atoms with E-state index < -0.39 is 0 Å². The first-order valence-corrected chi connectivity index (χ1v) is 7.02. The van der Waals surface area contributed by atoms with E-state index in [0.717, 1.165) is 42.6 Å². The van der Waals surface area contributed by atoms with Gasteiger partial charge in [0.2, 0.25) is 0 Å². The molecule has 1 aliphatic rings. The lowest BCUT2D eigenvalue weighted by molar-refractivity contribution is 0.171. The molecule has 1 saturated heterocycles. The van der Waals surface area contributed by atoms with Gasteiger partial charge in [0.15, 0.2) is 0 Å². The predicted octanol–water partition coefficient (Wildman–Crippen LogP) is 3.11. The van der Waals surface area contributed by atoms with Crippen molar-refractivity contribution in [2.75, 3.05) is 26.2 Å². The largest absolute Gasteiger partial charge is 0.314 e. The maximum atomic E-state index is 14.1. The number of hydrogen-bond donors (Lipinski definition) is 1. The molecular weight excluding hydrogens is 295 g/mol. The first-order chi connectivity index (χ1) is 8.72. The number of piperazine rings is 1. The zero-order chi connectivity index (χ0) is 13.0. The van der Waals surface area contributed by atoms with Gasteiger partial charge < -0.3 is 5.32 Å². The molecular formula is C14H18BrFN2. The van der Waals surface area contributed by atoms with Gasteiger partial charge in [0.1, 0.15) is 5.82 Å². The molecule has 0 amide bonds. The fraction of sp³-hybridized carbons (Fsp3) is 0.429. The van der Waals surface area contributed by atoms with Gasteiger partial charge in [0, 0.05) is 42.3 Å². The second-order valence-electron chi connectivity index (χ2n) is 4.49. The maximum Gasteiger partial charge on any atom is 0.129 e. The molecule has 2 rings (SSSR count). The standard InChI is InChI=1S/C14H18BrFN2/c1-2-3-14(18-8-6-17-7-9-18)12-5-4-11(15)10-13(12)16/h2,4-5,10,14,17H,1,3,6-9H2/t14-/m1/s1. The van der Waals surface area contributed by atoms with Crippen LogP contribution >= 0.6 is 15.9 Å². The van der Waals surface area contributed by atoms with Crippen LogP contribution in [0.4, 0.5) is 4.39 Å². The van der Waals surface area contributed by atoms with Crippen LogP contribution in [0.1, 0.15) is 18.0 Å². The molecule has 1 aromatic rings. The van der Waals surface area contributed by atoms with Crippen LogP contribution in [0.25, 0.3) is 0 Å². The van der Waals surface area contributed by atoms with Crippen LogP contribution in [-0.4, -0.2) is 31.1 Å². The Morgan fingerprint density at radius 3 is 2.78 bits per heavy atom. The van der Waals surface area contributed by atoms with Gasteiger partial charge in [0.05, 0.1) is 0 Å². The first-order valence-electron chi connectivity index (χ1n) is 6.23. The van der Waals surface area contributed by atoms with Crippen LogP contribution in [0.2, 0.25) is 0 Å². The summed E-state index contributed by atoms with van der Waals surface area (Å²) < 4.78 is 14.9. The molecule has 18 heavy (non-hydrogen) atoms. The van der Waals surface area contributed by atoms with Gasteiger partial charge in [-0.1, -0.05) is 28.1 Å². The lowest BCUT2D eigenvalue weighted by Gasteiger charge is -2.35. The molecule has 0 spiro atoms. The molecule has 4 heteroatoms. The van der Waals surface area contributed by atoms with Gasteiger partial charge in [-0.25, -0.2) is 4.39 Å². The smallest absolute Gasteiger partial charge is 0.129 e. The van der Waals surface area contributed by atoms with E-state index in [2.05, 4.69) is 32.7 Å². The number of nitrogens with one attached hydrogen (secondary N) is 1. The molecule has 0 radical (unpaired) electrons. The van der Waals surface area contributed by atoms with E-state index in [0.29, 0.717) is 0 Å². The van der Waals surface area contributed by atoms with Gasteiger partial charge in [-0.2, -0.15) is 0 Å². The van der Waals surface area contributed by atoms with E-state index in [-0.39, 0.29) is 11.9 Å². The van der Waals surface area contributed by atoms with E-state index in [1.54, 1.807) is 0 Å². The maximum absolute atomic E-state index is 14.1. The van der Waals surface area contributed by atoms with Crippen LogP contribution in [0.5, 0.6) is 0 Å². The summed E-state index contributed by atoms with van der Waals surface area (Å²) in [7, 11) is 0. The average Bonchev–Trinajstić information content (AvgIpc) is 2.38. The highest BCUT2D eigenvalue weighted by molar-refractivity contribution is 9.10. The molecule has 1 atom stereocenters. The van der Waals surface area contributed by atoms with Crippen LogP contribution < -0.4 is 5.32 Å². The van der Waals surface area contributed by atoms with Crippen molar-refractivity contribution < 1.29 is 4.39 Å². The fourth-order valence-electron chi connectivity index (χ4n) is 2.40. The topological polar surface area (TPSA) is 15.3 Å². The van der Waals surface area contributed by atoms with Crippen molar-refractivity contribution in [1.82, 2.24) is 10.2 Å². The molecule has 0 unspecified atom stereocenters. The van der Waals surface area contributed by atoms with Crippen molar-refractivity contribution in [1.29, 1.82) is 0 Å². The quantitative estimate of drug-likeness (QED) is 0.859. The highest BCUT2D eigenvalue weighted by Gasteiger charge is 2.23. The minimum atomic E-state index is -0.144. The molecule has 0 bridgehead atoms. The molecule has 2 nitrogen and oxygen atoms in total. The third-order valence-corrected chi connectivity index (χ3v) is 3.80. The van der Waals surface area contributed by atoms with Crippen molar-refractivity contribution in [3.63, 3.8) is 0 Å². The Kier molecular flexibility index (Phi) is 4.92. The minimum absolute atomic E-state index is 0.0951. The van der Waals surface area contributed by atoms with Crippen LogP contribution in [0.15, 0.2) is 35.3 Å². The van der Waals surface area contributed by atoms with Crippen molar-refractivity contribution in [2.45, 2.75) is 12.5 Å². The van der Waals surface area contributed by atoms with Gasteiger partial charge in [0.25, 0.3) is 0 Å². The molecule has 0 saturated carbocycles. The monoisotopic (exact) mass is 312 g/mol. The van der Waals surface area contributed by atoms with E-state index in [9.17, 15) is 4.39 Å². The Morgan fingerprint density at radius 2 is 2.17 bits per heavy atom. The Balaban J connectivity index is 2.24. The molecule has 1 aromatic carbocycles. The molecule has 0 aromatic heterocycles. The number of hydrogen-bond acceptors (Lipinski definition) is 2. The van der Waals surface area contributed by atoms with Crippen molar-refractivity contribution >= 4 is 15.9 Å². The van der Waals surface area contributed by atoms with Crippen LogP contribution in [0, 0.1) is 5.82 Å². The van der Waals surface area contributed by atoms with Gasteiger partial charge >= 0.3 is 0 Å². The Bertz CT molecular complexity index is 416. The number of rotatable bonds is 4. The summed E-state index contributed by atoms with van der Waals surface area (Å²) in [5, 5.41) is 3.32. The summed E-state index contributed by atoms with van der Waals surface area (Å²) in [6.07, 6.45) is 2.65. The summed E-state index contributed by atoms with van der Waals surface area (Å²) in [5.74, 6) is -0.144. The van der Waals surface area contributed by atoms with Gasteiger partial charge in [-0.05, 0) is 18.6 Å². The number of benzene rings is 1. The third kappa shape index (κ3) is 3.19. The van der Waals surface area contributed by atoms with Crippen LogP contribution in [-0.2, 0) is 0 Å². The molecule has 98 valence electrons. The van der Waals surface area contributed by atoms with E-state index >= 15 is 0 Å². The highest BCUT2D eigenvalue weighted by Crippen LogP contribution is 2.28. The van der Waals surface area contributed by atoms with Crippen LogP contribution in [0.3, 0.4) is 0 Å². The molecule has 1 heterocycles. The van der Waals surface area contributed by atoms with Crippen molar-refractivity contribution in [2.24, 2.45) is 0 Å². The first kappa shape index (κ1) is 13.7. The molecule has 1 fully saturated rings. The minimum Gasteiger partial charge on any atom is -0.314 e. The van der Waals surface area contributed by atoms with Crippen molar-refractivity contribution in [3.8, 4) is 0 Å². The lowest BCUT2D eigenvalue weighted by Crippen LogP contribution is -2.45. The normalized spacial score (nSPS) is 18.6. The molecule has 0 aliphatic carbocycles. The Labute approximate surface area is 116 Å². The van der Waals surface area contributed by atoms with Gasteiger partial charge in [-0.15, -0.1) is 6.58 Å². The number of halogens is 2. The predicted molar refractivity (Wildman–Crippen MR) is 76.1 cm³/mol. The Hall–Kier alpha value is -0.710. The van der Waals surface area contributed by atoms with E-state index in [1.165, 1.54) is 6.07 Å². The highest BCUT2D eigenvalue weighted by atomic mass is 79.9. The lowest BCUT2D eigenvalue weighted by atomic mass is 10.0. The Morgan fingerprint density at radius 1 is 1.44 bits per heavy atom. The number of nitrogens with zero attached hydrogens (tertiary/aromatic N) is 1. The second kappa shape index (κ2) is 6.45. The summed E-state index contributed by atoms with van der Waals surface area (Å²) in [4.78, 5) is 2.32. The van der Waals surface area contributed by atoms with E-state index in [1.807, 2.05) is 18.2 Å². The molecule has 1 N–H and O–H groups in total. The van der Waals surface area contributed by atoms with Crippen molar-refractivity contribution in [3.05, 3.63) is 46.7 Å². The summed E-state index contributed by atoms with van der Waals surface area (Å²) in [6, 6.07) is 5.40. The second-order valence-corrected chi connectivity index (χ2v) is 5.41. The zero-order valence-corrected chi connectivity index (χ0v) is 11.9. The zero-order valence-electron chi connectivity index (χ0n) is 10.3. The summed E-state index contributed by atoms with van der Waals surface area (Å²) >= 11 is 3.30. The molecule has 1 aliphatic heterocycles. The van der Waals surface area contributed by atoms with E-state index in [4.69, 9.17) is 0 Å². The summed E-state index contributed by atoms with van der Waals surface area (Å²) in [5.41, 5.74) is 0.764. The fourth-order valence-corrected chi connectivity index (χ4v) is 2.73. The van der Waals surface area contributed by atoms with Gasteiger partial charge in [-0.3, -0.25) is 4.90 Å². The SMILES string of the molecule is C=CC[C@H](c1ccc(Br)cc1F)N1CCNCC1. The summed E-state index contributed by atoms with van der Waals surface area (Å²) in [6.45, 7) is 7.63.